The maximum absolute atomic E-state index is 13.1. The lowest BCUT2D eigenvalue weighted by atomic mass is 10.2. The Kier molecular flexibility index (Phi) is 7.62. The van der Waals surface area contributed by atoms with Crippen LogP contribution in [-0.2, 0) is 42.3 Å². The van der Waals surface area contributed by atoms with Crippen LogP contribution in [0.3, 0.4) is 0 Å². The summed E-state index contributed by atoms with van der Waals surface area (Å²) in [5.74, 6) is 1.31. The van der Waals surface area contributed by atoms with E-state index in [2.05, 4.69) is 15.7 Å². The van der Waals surface area contributed by atoms with Gasteiger partial charge in [-0.25, -0.2) is 13.1 Å². The molecule has 1 unspecified atom stereocenters. The fourth-order valence-electron chi connectivity index (χ4n) is 4.44. The van der Waals surface area contributed by atoms with Crippen molar-refractivity contribution in [1.29, 1.82) is 0 Å². The highest BCUT2D eigenvalue weighted by atomic mass is 32.2. The van der Waals surface area contributed by atoms with Gasteiger partial charge in [0.25, 0.3) is 5.91 Å². The third kappa shape index (κ3) is 5.44. The first-order valence-electron chi connectivity index (χ1n) is 12.0. The Labute approximate surface area is 213 Å². The highest BCUT2D eigenvalue weighted by Crippen LogP contribution is 2.35. The van der Waals surface area contributed by atoms with Gasteiger partial charge < -0.3 is 20.1 Å². The van der Waals surface area contributed by atoms with Crippen molar-refractivity contribution < 1.29 is 27.5 Å². The fourth-order valence-corrected chi connectivity index (χ4v) is 6.88. The first kappa shape index (κ1) is 25.2. The second-order valence-electron chi connectivity index (χ2n) is 8.86. The Hall–Kier alpha value is -2.45. The molecule has 13 heteroatoms. The van der Waals surface area contributed by atoms with Gasteiger partial charge in [-0.2, -0.15) is 21.2 Å². The Morgan fingerprint density at radius 3 is 2.61 bits per heavy atom. The molecular weight excluding hydrogens is 506 g/mol. The van der Waals surface area contributed by atoms with Gasteiger partial charge in [-0.15, -0.1) is 0 Å². The van der Waals surface area contributed by atoms with E-state index in [1.54, 1.807) is 11.8 Å². The standard InChI is InChI=1S/C23H29N5O6S2/c29-21(24-12-17-2-1-9-34-17)13-28-22(19-14-35-15-20(19)26-28)25-23(30)16-3-5-18(6-4-16)36(31,32)27-7-10-33-11-8-27/h3-6,17H,1-2,7-15H2,(H,24,29)(H,25,30). The van der Waals surface area contributed by atoms with E-state index in [1.807, 2.05) is 0 Å². The van der Waals surface area contributed by atoms with Crippen LogP contribution in [0.25, 0.3) is 0 Å². The second-order valence-corrected chi connectivity index (χ2v) is 11.8. The van der Waals surface area contributed by atoms with E-state index < -0.39 is 15.9 Å². The molecule has 3 aliphatic rings. The Morgan fingerprint density at radius 1 is 1.11 bits per heavy atom. The van der Waals surface area contributed by atoms with Crippen LogP contribution in [0.4, 0.5) is 5.82 Å². The molecule has 2 saturated heterocycles. The number of hydrogen-bond acceptors (Lipinski definition) is 8. The molecule has 1 aromatic carbocycles. The molecule has 5 rings (SSSR count). The minimum absolute atomic E-state index is 0.0171. The van der Waals surface area contributed by atoms with Crippen molar-refractivity contribution in [3.05, 3.63) is 41.1 Å². The highest BCUT2D eigenvalue weighted by molar-refractivity contribution is 7.98. The van der Waals surface area contributed by atoms with Crippen molar-refractivity contribution in [1.82, 2.24) is 19.4 Å². The summed E-state index contributed by atoms with van der Waals surface area (Å²) in [5.41, 5.74) is 2.08. The number of rotatable bonds is 8. The highest BCUT2D eigenvalue weighted by Gasteiger charge is 2.28. The quantitative estimate of drug-likeness (QED) is 0.516. The summed E-state index contributed by atoms with van der Waals surface area (Å²) in [6.07, 6.45) is 1.98. The summed E-state index contributed by atoms with van der Waals surface area (Å²) in [5, 5.41) is 10.3. The minimum atomic E-state index is -3.64. The molecule has 1 aromatic heterocycles. The van der Waals surface area contributed by atoms with Gasteiger partial charge in [0.05, 0.1) is 29.9 Å². The van der Waals surface area contributed by atoms with Crippen molar-refractivity contribution >= 4 is 39.4 Å². The molecule has 1 atom stereocenters. The predicted octanol–water partition coefficient (Wildman–Crippen LogP) is 1.20. The van der Waals surface area contributed by atoms with Crippen LogP contribution in [0.15, 0.2) is 29.2 Å². The Balaban J connectivity index is 1.27. The predicted molar refractivity (Wildman–Crippen MR) is 133 cm³/mol. The summed E-state index contributed by atoms with van der Waals surface area (Å²) in [6.45, 7) is 2.50. The SMILES string of the molecule is O=C(Cn1nc2c(c1NC(=O)c1ccc(S(=O)(=O)N3CCOCC3)cc1)CSC2)NCC1CCCO1. The van der Waals surface area contributed by atoms with Crippen LogP contribution >= 0.6 is 11.8 Å². The van der Waals surface area contributed by atoms with E-state index >= 15 is 0 Å². The maximum atomic E-state index is 13.1. The zero-order chi connectivity index (χ0) is 25.1. The number of ether oxygens (including phenoxy) is 2. The van der Waals surface area contributed by atoms with E-state index in [-0.39, 0.29) is 23.5 Å². The number of anilines is 1. The zero-order valence-electron chi connectivity index (χ0n) is 19.8. The van der Waals surface area contributed by atoms with Crippen LogP contribution < -0.4 is 10.6 Å². The first-order valence-corrected chi connectivity index (χ1v) is 14.6. The molecule has 2 aromatic rings. The molecular formula is C23H29N5O6S2. The maximum Gasteiger partial charge on any atom is 0.256 e. The summed E-state index contributed by atoms with van der Waals surface area (Å²) < 4.78 is 39.4. The number of aromatic nitrogens is 2. The van der Waals surface area contributed by atoms with Gasteiger partial charge in [0.1, 0.15) is 12.4 Å². The number of benzene rings is 1. The zero-order valence-corrected chi connectivity index (χ0v) is 21.4. The number of sulfonamides is 1. The third-order valence-electron chi connectivity index (χ3n) is 6.42. The molecule has 0 spiro atoms. The summed E-state index contributed by atoms with van der Waals surface area (Å²) >= 11 is 1.69. The number of thioether (sulfide) groups is 1. The molecule has 4 heterocycles. The monoisotopic (exact) mass is 535 g/mol. The lowest BCUT2D eigenvalue weighted by Crippen LogP contribution is -2.40. The van der Waals surface area contributed by atoms with Gasteiger partial charge in [0, 0.05) is 48.9 Å². The molecule has 11 nitrogen and oxygen atoms in total. The van der Waals surface area contributed by atoms with Crippen molar-refractivity contribution in [2.24, 2.45) is 0 Å². The molecule has 2 fully saturated rings. The van der Waals surface area contributed by atoms with Crippen molar-refractivity contribution in [3.8, 4) is 0 Å². The first-order chi connectivity index (χ1) is 17.4. The molecule has 194 valence electrons. The fraction of sp³-hybridized carbons (Fsp3) is 0.522. The number of fused-ring (bicyclic) bond motifs is 1. The summed E-state index contributed by atoms with van der Waals surface area (Å²) in [6, 6.07) is 5.87. The lowest BCUT2D eigenvalue weighted by Gasteiger charge is -2.26. The number of amides is 2. The lowest BCUT2D eigenvalue weighted by molar-refractivity contribution is -0.122. The smallest absolute Gasteiger partial charge is 0.256 e. The van der Waals surface area contributed by atoms with Crippen LogP contribution in [0, 0.1) is 0 Å². The number of carbonyl (C=O) groups is 2. The molecule has 2 amide bonds. The van der Waals surface area contributed by atoms with Gasteiger partial charge in [-0.1, -0.05) is 0 Å². The van der Waals surface area contributed by atoms with E-state index in [9.17, 15) is 18.0 Å². The molecule has 2 N–H and O–H groups in total. The minimum Gasteiger partial charge on any atom is -0.379 e. The van der Waals surface area contributed by atoms with Crippen molar-refractivity contribution in [3.63, 3.8) is 0 Å². The Morgan fingerprint density at radius 2 is 1.89 bits per heavy atom. The van der Waals surface area contributed by atoms with Crippen LogP contribution in [0.5, 0.6) is 0 Å². The number of hydrogen-bond donors (Lipinski definition) is 2. The van der Waals surface area contributed by atoms with Gasteiger partial charge in [0.2, 0.25) is 15.9 Å². The van der Waals surface area contributed by atoms with Gasteiger partial charge in [0.15, 0.2) is 0 Å². The topological polar surface area (TPSA) is 132 Å². The molecule has 0 saturated carbocycles. The van der Waals surface area contributed by atoms with Crippen LogP contribution in [0.1, 0.15) is 34.5 Å². The molecule has 36 heavy (non-hydrogen) atoms. The van der Waals surface area contributed by atoms with Gasteiger partial charge in [-0.3, -0.25) is 9.59 Å². The second kappa shape index (κ2) is 10.9. The van der Waals surface area contributed by atoms with Gasteiger partial charge in [-0.05, 0) is 37.1 Å². The van der Waals surface area contributed by atoms with Crippen molar-refractivity contribution in [2.75, 3.05) is 44.8 Å². The summed E-state index contributed by atoms with van der Waals surface area (Å²) in [4.78, 5) is 25.7. The van der Waals surface area contributed by atoms with E-state index in [0.29, 0.717) is 50.0 Å². The average molecular weight is 536 g/mol. The Bertz CT molecular complexity index is 1220. The molecule has 0 radical (unpaired) electrons. The van der Waals surface area contributed by atoms with E-state index in [0.717, 1.165) is 36.5 Å². The van der Waals surface area contributed by atoms with Crippen molar-refractivity contribution in [2.45, 2.75) is 41.9 Å². The third-order valence-corrected chi connectivity index (χ3v) is 9.30. The average Bonchev–Trinajstić information content (AvgIpc) is 3.63. The molecule has 0 bridgehead atoms. The number of nitrogens with one attached hydrogen (secondary N) is 2. The molecule has 3 aliphatic heterocycles. The molecule has 0 aliphatic carbocycles. The van der Waals surface area contributed by atoms with E-state index in [1.165, 1.54) is 33.3 Å². The largest absolute Gasteiger partial charge is 0.379 e. The number of nitrogens with zero attached hydrogens (tertiary/aromatic N) is 3. The number of carbonyl (C=O) groups excluding carboxylic acids is 2. The van der Waals surface area contributed by atoms with Gasteiger partial charge >= 0.3 is 0 Å². The van der Waals surface area contributed by atoms with E-state index in [4.69, 9.17) is 9.47 Å². The number of morpholine rings is 1. The van der Waals surface area contributed by atoms with Crippen LogP contribution in [0.2, 0.25) is 0 Å². The summed E-state index contributed by atoms with van der Waals surface area (Å²) in [7, 11) is -3.64. The van der Waals surface area contributed by atoms with Crippen LogP contribution in [-0.4, -0.2) is 79.9 Å². The normalized spacial score (nSPS) is 20.3.